The van der Waals surface area contributed by atoms with E-state index >= 15 is 0 Å². The molecule has 0 saturated carbocycles. The van der Waals surface area contributed by atoms with Gasteiger partial charge in [-0.05, 0) is 24.6 Å². The molecule has 0 spiro atoms. The van der Waals surface area contributed by atoms with E-state index in [4.69, 9.17) is 9.57 Å². The number of methoxy groups -OCH3 is 1. The molecule has 5 heteroatoms. The van der Waals surface area contributed by atoms with Crippen LogP contribution in [0.15, 0.2) is 59.8 Å². The molecule has 0 saturated heterocycles. The van der Waals surface area contributed by atoms with Crippen LogP contribution in [0.5, 0.6) is 5.75 Å². The first-order valence-corrected chi connectivity index (χ1v) is 7.90. The summed E-state index contributed by atoms with van der Waals surface area (Å²) in [6, 6.07) is 17.3. The maximum Gasteiger partial charge on any atom is 0.264 e. The molecule has 0 bridgehead atoms. The van der Waals surface area contributed by atoms with E-state index in [9.17, 15) is 4.79 Å². The van der Waals surface area contributed by atoms with Gasteiger partial charge in [-0.25, -0.2) is 0 Å². The summed E-state index contributed by atoms with van der Waals surface area (Å²) in [5.41, 5.74) is 2.63. The van der Waals surface area contributed by atoms with E-state index in [2.05, 4.69) is 10.5 Å². The van der Waals surface area contributed by atoms with Crippen LogP contribution in [0.2, 0.25) is 0 Å². The number of benzene rings is 2. The zero-order chi connectivity index (χ0) is 16.9. The number of nitrogens with zero attached hydrogens (tertiary/aromatic N) is 1. The average molecular weight is 324 g/mol. The molecule has 0 radical (unpaired) electrons. The van der Waals surface area contributed by atoms with Crippen LogP contribution in [0.3, 0.4) is 0 Å². The van der Waals surface area contributed by atoms with Crippen molar-refractivity contribution in [1.82, 2.24) is 5.32 Å². The molecule has 0 unspecified atom stereocenters. The largest absolute Gasteiger partial charge is 0.496 e. The second-order valence-electron chi connectivity index (χ2n) is 5.68. The van der Waals surface area contributed by atoms with Crippen molar-refractivity contribution in [3.63, 3.8) is 0 Å². The van der Waals surface area contributed by atoms with E-state index in [0.717, 1.165) is 22.6 Å². The maximum atomic E-state index is 12.4. The van der Waals surface area contributed by atoms with Gasteiger partial charge in [0.1, 0.15) is 5.75 Å². The van der Waals surface area contributed by atoms with Crippen molar-refractivity contribution in [3.05, 3.63) is 65.7 Å². The smallest absolute Gasteiger partial charge is 0.264 e. The fourth-order valence-electron chi connectivity index (χ4n) is 2.69. The lowest BCUT2D eigenvalue weighted by atomic mass is 10.0. The molecule has 0 aliphatic carbocycles. The van der Waals surface area contributed by atoms with Gasteiger partial charge in [-0.2, -0.15) is 0 Å². The minimum absolute atomic E-state index is 0.0855. The molecule has 2 aromatic carbocycles. The first-order valence-electron chi connectivity index (χ1n) is 7.90. The van der Waals surface area contributed by atoms with Crippen molar-refractivity contribution in [2.24, 2.45) is 5.16 Å². The summed E-state index contributed by atoms with van der Waals surface area (Å²) in [5, 5.41) is 7.04. The van der Waals surface area contributed by atoms with Gasteiger partial charge in [-0.15, -0.1) is 0 Å². The molecule has 2 aromatic rings. The predicted octanol–water partition coefficient (Wildman–Crippen LogP) is 3.07. The summed E-state index contributed by atoms with van der Waals surface area (Å²) >= 11 is 0. The molecular formula is C19H20N2O3. The molecule has 1 N–H and O–H groups in total. The van der Waals surface area contributed by atoms with E-state index in [0.29, 0.717) is 6.42 Å². The van der Waals surface area contributed by atoms with Gasteiger partial charge in [0.05, 0.1) is 18.9 Å². The summed E-state index contributed by atoms with van der Waals surface area (Å²) in [6.07, 6.45) is -0.190. The minimum Gasteiger partial charge on any atom is -0.496 e. The third-order valence-corrected chi connectivity index (χ3v) is 4.04. The highest BCUT2D eigenvalue weighted by Crippen LogP contribution is 2.25. The van der Waals surface area contributed by atoms with E-state index in [1.165, 1.54) is 0 Å². The Labute approximate surface area is 141 Å². The number of carbonyl (C=O) groups is 1. The molecule has 1 heterocycles. The zero-order valence-electron chi connectivity index (χ0n) is 13.7. The van der Waals surface area contributed by atoms with Crippen molar-refractivity contribution in [3.8, 4) is 5.75 Å². The highest BCUT2D eigenvalue weighted by molar-refractivity contribution is 6.05. The lowest BCUT2D eigenvalue weighted by Gasteiger charge is -2.16. The number of hydrogen-bond donors (Lipinski definition) is 1. The average Bonchev–Trinajstić information content (AvgIpc) is 3.12. The molecule has 1 aliphatic rings. The molecule has 1 amide bonds. The van der Waals surface area contributed by atoms with Crippen LogP contribution in [0.25, 0.3) is 0 Å². The highest BCUT2D eigenvalue weighted by atomic mass is 16.6. The Morgan fingerprint density at radius 2 is 1.92 bits per heavy atom. The van der Waals surface area contributed by atoms with E-state index in [1.54, 1.807) is 7.11 Å². The van der Waals surface area contributed by atoms with Crippen molar-refractivity contribution < 1.29 is 14.4 Å². The fourth-order valence-corrected chi connectivity index (χ4v) is 2.69. The van der Waals surface area contributed by atoms with Crippen LogP contribution >= 0.6 is 0 Å². The second kappa shape index (κ2) is 7.17. The standard InChI is InChI=1S/C19H20N2O3/c1-13(14-8-4-3-5-9-14)20-19(22)18-12-16(21-24-18)15-10-6-7-11-17(15)23-2/h3-11,13,18H,12H2,1-2H3,(H,20,22)/t13-,18+/m0/s1. The van der Waals surface area contributed by atoms with Crippen LogP contribution < -0.4 is 10.1 Å². The fraction of sp³-hybridized carbons (Fsp3) is 0.263. The van der Waals surface area contributed by atoms with E-state index in [-0.39, 0.29) is 11.9 Å². The van der Waals surface area contributed by atoms with Gasteiger partial charge in [0.15, 0.2) is 0 Å². The third kappa shape index (κ3) is 3.40. The molecule has 124 valence electrons. The van der Waals surface area contributed by atoms with Crippen molar-refractivity contribution in [2.75, 3.05) is 7.11 Å². The number of ether oxygens (including phenoxy) is 1. The minimum atomic E-state index is -0.615. The van der Waals surface area contributed by atoms with Gasteiger partial charge in [-0.1, -0.05) is 47.6 Å². The molecule has 3 rings (SSSR count). The Balaban J connectivity index is 1.63. The van der Waals surface area contributed by atoms with Crippen molar-refractivity contribution in [1.29, 1.82) is 0 Å². The number of carbonyl (C=O) groups excluding carboxylic acids is 1. The predicted molar refractivity (Wildman–Crippen MR) is 92.0 cm³/mol. The summed E-state index contributed by atoms with van der Waals surface area (Å²) in [5.74, 6) is 0.554. The zero-order valence-corrected chi connectivity index (χ0v) is 13.7. The molecule has 0 aromatic heterocycles. The molecule has 2 atom stereocenters. The van der Waals surface area contributed by atoms with Gasteiger partial charge in [0, 0.05) is 12.0 Å². The number of amides is 1. The number of nitrogens with one attached hydrogen (secondary N) is 1. The Bertz CT molecular complexity index is 743. The summed E-state index contributed by atoms with van der Waals surface area (Å²) in [7, 11) is 1.61. The Morgan fingerprint density at radius 3 is 2.67 bits per heavy atom. The molecule has 5 nitrogen and oxygen atoms in total. The number of rotatable bonds is 5. The second-order valence-corrected chi connectivity index (χ2v) is 5.68. The molecular weight excluding hydrogens is 304 g/mol. The quantitative estimate of drug-likeness (QED) is 0.919. The van der Waals surface area contributed by atoms with Crippen LogP contribution in [-0.4, -0.2) is 24.8 Å². The van der Waals surface area contributed by atoms with Crippen LogP contribution in [0, 0.1) is 0 Å². The first kappa shape index (κ1) is 16.1. The lowest BCUT2D eigenvalue weighted by molar-refractivity contribution is -0.131. The van der Waals surface area contributed by atoms with E-state index < -0.39 is 6.10 Å². The molecule has 0 fully saturated rings. The Kier molecular flexibility index (Phi) is 4.79. The van der Waals surface area contributed by atoms with E-state index in [1.807, 2.05) is 61.5 Å². The van der Waals surface area contributed by atoms with Crippen molar-refractivity contribution >= 4 is 11.6 Å². The molecule has 1 aliphatic heterocycles. The molecule has 24 heavy (non-hydrogen) atoms. The van der Waals surface area contributed by atoms with Crippen molar-refractivity contribution in [2.45, 2.75) is 25.5 Å². The van der Waals surface area contributed by atoms with Crippen LogP contribution in [0.1, 0.15) is 30.5 Å². The lowest BCUT2D eigenvalue weighted by Crippen LogP contribution is -2.36. The monoisotopic (exact) mass is 324 g/mol. The highest BCUT2D eigenvalue weighted by Gasteiger charge is 2.30. The third-order valence-electron chi connectivity index (χ3n) is 4.04. The van der Waals surface area contributed by atoms with Gasteiger partial charge in [0.25, 0.3) is 5.91 Å². The topological polar surface area (TPSA) is 59.9 Å². The van der Waals surface area contributed by atoms with Crippen LogP contribution in [0.4, 0.5) is 0 Å². The number of hydrogen-bond acceptors (Lipinski definition) is 4. The van der Waals surface area contributed by atoms with Gasteiger partial charge >= 0.3 is 0 Å². The van der Waals surface area contributed by atoms with Gasteiger partial charge in [0.2, 0.25) is 6.10 Å². The van der Waals surface area contributed by atoms with Gasteiger partial charge in [-0.3, -0.25) is 4.79 Å². The van der Waals surface area contributed by atoms with Gasteiger partial charge < -0.3 is 14.9 Å². The summed E-state index contributed by atoms with van der Waals surface area (Å²) in [4.78, 5) is 17.8. The maximum absolute atomic E-state index is 12.4. The normalized spacial score (nSPS) is 17.6. The summed E-state index contributed by atoms with van der Waals surface area (Å²) < 4.78 is 5.34. The first-order chi connectivity index (χ1) is 11.7. The number of para-hydroxylation sites is 1. The SMILES string of the molecule is COc1ccccc1C1=NO[C@@H](C(=O)N[C@@H](C)c2ccccc2)C1. The Hall–Kier alpha value is -2.82. The van der Waals surface area contributed by atoms with Crippen LogP contribution in [-0.2, 0) is 9.63 Å². The summed E-state index contributed by atoms with van der Waals surface area (Å²) in [6.45, 7) is 1.95. The number of oxime groups is 1. The Morgan fingerprint density at radius 1 is 1.21 bits per heavy atom.